The first kappa shape index (κ1) is 16.8. The maximum Gasteiger partial charge on any atom is 0.270 e. The number of aromatic nitrogens is 1. The van der Waals surface area contributed by atoms with E-state index in [-0.39, 0.29) is 18.0 Å². The van der Waals surface area contributed by atoms with E-state index in [0.29, 0.717) is 23.2 Å². The molecular formula is C19H21N5O2. The molecule has 0 aromatic carbocycles. The number of furan rings is 1. The van der Waals surface area contributed by atoms with Gasteiger partial charge >= 0.3 is 0 Å². The Hall–Kier alpha value is -2.69. The van der Waals surface area contributed by atoms with Crippen molar-refractivity contribution in [2.75, 3.05) is 0 Å². The number of aryl methyl sites for hydroxylation is 1. The number of nitrogens with zero attached hydrogens (tertiary/aromatic N) is 2. The Morgan fingerprint density at radius 1 is 1.42 bits per heavy atom. The lowest BCUT2D eigenvalue weighted by molar-refractivity contribution is 0.0910. The highest BCUT2D eigenvalue weighted by Crippen LogP contribution is 2.38. The average molecular weight is 351 g/mol. The quantitative estimate of drug-likeness (QED) is 0.781. The SMILES string of the molecule is Cc1cc(C(=O)NC2CCC3NNC(c4ccoc4)C3C2)ncc1C#N. The molecule has 1 saturated heterocycles. The Kier molecular flexibility index (Phi) is 4.45. The van der Waals surface area contributed by atoms with Crippen LogP contribution in [0.3, 0.4) is 0 Å². The van der Waals surface area contributed by atoms with Crippen molar-refractivity contribution in [3.05, 3.63) is 53.2 Å². The molecule has 3 N–H and O–H groups in total. The predicted octanol–water partition coefficient (Wildman–Crippen LogP) is 1.97. The van der Waals surface area contributed by atoms with E-state index < -0.39 is 0 Å². The van der Waals surface area contributed by atoms with Crippen LogP contribution >= 0.6 is 0 Å². The smallest absolute Gasteiger partial charge is 0.270 e. The minimum atomic E-state index is -0.181. The molecule has 3 heterocycles. The topological polar surface area (TPSA) is 103 Å². The number of hydrogen-bond donors (Lipinski definition) is 3. The van der Waals surface area contributed by atoms with E-state index in [1.165, 1.54) is 6.20 Å². The third-order valence-corrected chi connectivity index (χ3v) is 5.45. The highest BCUT2D eigenvalue weighted by molar-refractivity contribution is 5.92. The molecule has 26 heavy (non-hydrogen) atoms. The fraction of sp³-hybridized carbons (Fsp3) is 0.421. The van der Waals surface area contributed by atoms with Crippen LogP contribution in [-0.2, 0) is 0 Å². The van der Waals surface area contributed by atoms with Gasteiger partial charge in [-0.1, -0.05) is 0 Å². The number of carbonyl (C=O) groups is 1. The molecule has 1 aliphatic heterocycles. The summed E-state index contributed by atoms with van der Waals surface area (Å²) in [4.78, 5) is 16.7. The molecule has 1 aliphatic carbocycles. The van der Waals surface area contributed by atoms with Crippen molar-refractivity contribution >= 4 is 5.91 Å². The molecule has 134 valence electrons. The van der Waals surface area contributed by atoms with Gasteiger partial charge in [0.1, 0.15) is 11.8 Å². The van der Waals surface area contributed by atoms with Crippen LogP contribution in [0.5, 0.6) is 0 Å². The molecule has 2 aromatic rings. The van der Waals surface area contributed by atoms with Crippen LogP contribution in [0.15, 0.2) is 35.3 Å². The van der Waals surface area contributed by atoms with Crippen molar-refractivity contribution in [1.29, 1.82) is 5.26 Å². The van der Waals surface area contributed by atoms with Gasteiger partial charge in [0.05, 0.1) is 24.1 Å². The number of fused-ring (bicyclic) bond motifs is 1. The molecule has 1 saturated carbocycles. The van der Waals surface area contributed by atoms with Gasteiger partial charge in [0.2, 0.25) is 0 Å². The van der Waals surface area contributed by atoms with Crippen LogP contribution in [-0.4, -0.2) is 23.0 Å². The second-order valence-corrected chi connectivity index (χ2v) is 7.07. The standard InChI is InChI=1S/C19H21N5O2/c1-11-6-17(21-9-13(11)8-20)19(25)22-14-2-3-16-15(7-14)18(24-23-16)12-4-5-26-10-12/h4-6,9-10,14-16,18,23-24H,2-3,7H2,1H3,(H,22,25). The van der Waals surface area contributed by atoms with Gasteiger partial charge in [0.15, 0.2) is 0 Å². The monoisotopic (exact) mass is 351 g/mol. The maximum absolute atomic E-state index is 12.6. The maximum atomic E-state index is 12.6. The van der Waals surface area contributed by atoms with Crippen molar-refractivity contribution < 1.29 is 9.21 Å². The first-order chi connectivity index (χ1) is 12.7. The van der Waals surface area contributed by atoms with E-state index in [4.69, 9.17) is 9.68 Å². The van der Waals surface area contributed by atoms with Crippen LogP contribution in [0.4, 0.5) is 0 Å². The highest BCUT2D eigenvalue weighted by atomic mass is 16.3. The summed E-state index contributed by atoms with van der Waals surface area (Å²) in [5, 5.41) is 12.1. The van der Waals surface area contributed by atoms with E-state index in [2.05, 4.69) is 27.2 Å². The molecule has 0 spiro atoms. The Morgan fingerprint density at radius 2 is 2.31 bits per heavy atom. The predicted molar refractivity (Wildman–Crippen MR) is 93.8 cm³/mol. The van der Waals surface area contributed by atoms with Crippen LogP contribution in [0.25, 0.3) is 0 Å². The molecule has 7 heteroatoms. The van der Waals surface area contributed by atoms with E-state index in [1.807, 2.05) is 13.0 Å². The van der Waals surface area contributed by atoms with Crippen molar-refractivity contribution in [2.24, 2.45) is 5.92 Å². The number of hydrazine groups is 1. The molecule has 4 rings (SSSR count). The summed E-state index contributed by atoms with van der Waals surface area (Å²) in [5.41, 5.74) is 9.48. The van der Waals surface area contributed by atoms with Crippen LogP contribution < -0.4 is 16.2 Å². The molecule has 1 amide bonds. The molecule has 7 nitrogen and oxygen atoms in total. The van der Waals surface area contributed by atoms with Gasteiger partial charge in [0, 0.05) is 23.8 Å². The number of amides is 1. The van der Waals surface area contributed by atoms with Gasteiger partial charge in [-0.3, -0.25) is 10.2 Å². The van der Waals surface area contributed by atoms with Crippen molar-refractivity contribution in [3.63, 3.8) is 0 Å². The van der Waals surface area contributed by atoms with E-state index in [9.17, 15) is 4.79 Å². The Balaban J connectivity index is 1.43. The second kappa shape index (κ2) is 6.90. The van der Waals surface area contributed by atoms with Gasteiger partial charge in [-0.15, -0.1) is 0 Å². The fourth-order valence-electron chi connectivity index (χ4n) is 4.03. The van der Waals surface area contributed by atoms with Crippen LogP contribution in [0, 0.1) is 24.2 Å². The zero-order valence-corrected chi connectivity index (χ0v) is 14.5. The lowest BCUT2D eigenvalue weighted by Crippen LogP contribution is -2.44. The molecule has 0 radical (unpaired) electrons. The summed E-state index contributed by atoms with van der Waals surface area (Å²) in [5.74, 6) is 0.210. The van der Waals surface area contributed by atoms with Gasteiger partial charge in [-0.25, -0.2) is 10.4 Å². The minimum Gasteiger partial charge on any atom is -0.472 e. The first-order valence-corrected chi connectivity index (χ1v) is 8.86. The fourth-order valence-corrected chi connectivity index (χ4v) is 4.03. The Bertz CT molecular complexity index is 842. The van der Waals surface area contributed by atoms with E-state index in [1.54, 1.807) is 18.6 Å². The Labute approximate surface area is 151 Å². The summed E-state index contributed by atoms with van der Waals surface area (Å²) in [6.45, 7) is 1.81. The van der Waals surface area contributed by atoms with Crippen molar-refractivity contribution in [3.8, 4) is 6.07 Å². The van der Waals surface area contributed by atoms with E-state index >= 15 is 0 Å². The normalized spacial score (nSPS) is 27.5. The van der Waals surface area contributed by atoms with Crippen molar-refractivity contribution in [2.45, 2.75) is 44.3 Å². The summed E-state index contributed by atoms with van der Waals surface area (Å²) >= 11 is 0. The number of rotatable bonds is 3. The number of carbonyl (C=O) groups excluding carboxylic acids is 1. The Morgan fingerprint density at radius 3 is 3.04 bits per heavy atom. The van der Waals surface area contributed by atoms with Gasteiger partial charge in [0.25, 0.3) is 5.91 Å². The van der Waals surface area contributed by atoms with E-state index in [0.717, 1.165) is 30.4 Å². The summed E-state index contributed by atoms with van der Waals surface area (Å²) < 4.78 is 5.22. The van der Waals surface area contributed by atoms with Gasteiger partial charge < -0.3 is 9.73 Å². The molecule has 4 unspecified atom stereocenters. The number of nitrogens with one attached hydrogen (secondary N) is 3. The summed E-state index contributed by atoms with van der Waals surface area (Å²) in [6.07, 6.45) is 7.73. The molecule has 2 aliphatic rings. The number of pyridine rings is 1. The van der Waals surface area contributed by atoms with Crippen molar-refractivity contribution in [1.82, 2.24) is 21.2 Å². The molecular weight excluding hydrogens is 330 g/mol. The lowest BCUT2D eigenvalue weighted by Gasteiger charge is -2.33. The molecule has 2 aromatic heterocycles. The lowest BCUT2D eigenvalue weighted by atomic mass is 9.77. The third kappa shape index (κ3) is 3.09. The number of hydrogen-bond acceptors (Lipinski definition) is 6. The van der Waals surface area contributed by atoms with Gasteiger partial charge in [-0.2, -0.15) is 5.26 Å². The summed E-state index contributed by atoms with van der Waals surface area (Å²) in [6, 6.07) is 6.42. The highest BCUT2D eigenvalue weighted by Gasteiger charge is 2.41. The van der Waals surface area contributed by atoms with Gasteiger partial charge in [-0.05, 0) is 49.8 Å². The molecule has 0 bridgehead atoms. The molecule has 4 atom stereocenters. The first-order valence-electron chi connectivity index (χ1n) is 8.86. The number of nitriles is 1. The zero-order chi connectivity index (χ0) is 18.1. The van der Waals surface area contributed by atoms with Crippen LogP contribution in [0.2, 0.25) is 0 Å². The molecule has 2 fully saturated rings. The second-order valence-electron chi connectivity index (χ2n) is 7.07. The third-order valence-electron chi connectivity index (χ3n) is 5.45. The average Bonchev–Trinajstić information content (AvgIpc) is 3.30. The largest absolute Gasteiger partial charge is 0.472 e. The summed E-state index contributed by atoms with van der Waals surface area (Å²) in [7, 11) is 0. The van der Waals surface area contributed by atoms with Crippen LogP contribution in [0.1, 0.15) is 52.5 Å². The minimum absolute atomic E-state index is 0.109. The zero-order valence-electron chi connectivity index (χ0n) is 14.5.